The van der Waals surface area contributed by atoms with Gasteiger partial charge >= 0.3 is 35.5 Å². The molecule has 0 spiro atoms. The molecule has 0 unspecified atom stereocenters. The predicted molar refractivity (Wildman–Crippen MR) is 193 cm³/mol. The van der Waals surface area contributed by atoms with Gasteiger partial charge in [0.05, 0.1) is 0 Å². The fourth-order valence-corrected chi connectivity index (χ4v) is 43.1. The summed E-state index contributed by atoms with van der Waals surface area (Å²) in [6, 6.07) is 0. The van der Waals surface area contributed by atoms with Gasteiger partial charge in [0.25, 0.3) is 0 Å². The molecule has 20 heteroatoms. The van der Waals surface area contributed by atoms with Crippen molar-refractivity contribution in [1.82, 2.24) is 0 Å². The van der Waals surface area contributed by atoms with E-state index in [2.05, 4.69) is 118 Å². The van der Waals surface area contributed by atoms with E-state index in [0.717, 1.165) is 0 Å². The van der Waals surface area contributed by atoms with E-state index < -0.39 is 85.4 Å². The monoisotopic (exact) mass is 756 g/mol. The maximum absolute atomic E-state index is 12.6. The van der Waals surface area contributed by atoms with Crippen LogP contribution in [-0.2, 0) is 37.0 Å². The largest absolute Gasteiger partial charge is 0.654 e. The smallest absolute Gasteiger partial charge is 0.417 e. The van der Waals surface area contributed by atoms with Crippen LogP contribution in [0.5, 0.6) is 0 Å². The van der Waals surface area contributed by atoms with Crippen LogP contribution in [0.3, 0.4) is 0 Å². The molecular weight excluding hydrogens is 693 g/mol. The van der Waals surface area contributed by atoms with Crippen molar-refractivity contribution < 1.29 is 41.8 Å². The molecular formula is C21H64O10Si10. The Balaban J connectivity index is 7.24. The lowest BCUT2D eigenvalue weighted by atomic mass is 11.8. The second-order valence-corrected chi connectivity index (χ2v) is 55.6. The Kier molecular flexibility index (Phi) is 14.5. The molecule has 0 amide bonds. The van der Waals surface area contributed by atoms with E-state index in [4.69, 9.17) is 37.0 Å². The molecule has 0 saturated carbocycles. The van der Waals surface area contributed by atoms with Crippen LogP contribution in [0.2, 0.25) is 137 Å². The molecule has 0 atom stereocenters. The number of rotatable bonds is 18. The average molecular weight is 758 g/mol. The topological polar surface area (TPSA) is 103 Å². The van der Waals surface area contributed by atoms with Crippen molar-refractivity contribution in [2.24, 2.45) is 0 Å². The second-order valence-electron chi connectivity index (χ2n) is 16.7. The summed E-state index contributed by atoms with van der Waals surface area (Å²) in [6.07, 6.45) is 0. The molecule has 0 aromatic rings. The van der Waals surface area contributed by atoms with Gasteiger partial charge in [-0.3, -0.25) is 0 Å². The first kappa shape index (κ1) is 42.8. The highest BCUT2D eigenvalue weighted by Gasteiger charge is 2.64. The zero-order chi connectivity index (χ0) is 33.4. The Hall–Kier alpha value is 1.77. The van der Waals surface area contributed by atoms with E-state index in [0.29, 0.717) is 0 Å². The summed E-state index contributed by atoms with van der Waals surface area (Å²) in [6.45, 7) is 42.7. The molecule has 0 rings (SSSR count). The third-order valence-electron chi connectivity index (χ3n) is 3.89. The van der Waals surface area contributed by atoms with Crippen LogP contribution in [0.15, 0.2) is 0 Å². The molecule has 0 bridgehead atoms. The van der Waals surface area contributed by atoms with Gasteiger partial charge < -0.3 is 41.8 Å². The lowest BCUT2D eigenvalue weighted by Crippen LogP contribution is -2.71. The van der Waals surface area contributed by atoms with E-state index in [1.165, 1.54) is 0 Å². The molecule has 0 aliphatic heterocycles. The molecule has 0 fully saturated rings. The average Bonchev–Trinajstić information content (AvgIpc) is 2.37. The van der Waals surface area contributed by atoms with E-state index >= 15 is 0 Å². The zero-order valence-corrected chi connectivity index (χ0v) is 40.1. The lowest BCUT2D eigenvalue weighted by Gasteiger charge is -2.46. The van der Waals surface area contributed by atoms with Gasteiger partial charge in [0.1, 0.15) is 0 Å². The quantitative estimate of drug-likeness (QED) is 0.144. The van der Waals surface area contributed by atoms with E-state index in [1.54, 1.807) is 0 Å². The molecule has 248 valence electrons. The summed E-state index contributed by atoms with van der Waals surface area (Å²) in [5.74, 6) is 0. The highest BCUT2D eigenvalue weighted by Crippen LogP contribution is 2.33. The van der Waals surface area contributed by atoms with Crippen molar-refractivity contribution in [3.05, 3.63) is 0 Å². The van der Waals surface area contributed by atoms with Crippen molar-refractivity contribution in [2.75, 3.05) is 0 Å². The van der Waals surface area contributed by atoms with Crippen LogP contribution in [0.4, 0.5) is 0 Å². The van der Waals surface area contributed by atoms with Gasteiger partial charge in [-0.2, -0.15) is 0 Å². The van der Waals surface area contributed by atoms with Crippen LogP contribution in [-0.4, -0.2) is 90.2 Å². The number of hydrogen-bond acceptors (Lipinski definition) is 10. The SMILES string of the molecule is C[Si](C)(C)O[Si](C)(O[Si](C)(C)C)O[Si](O)(O[Si](C)(O[Si](C)(C)C)O[Si](C)(C)C)O[Si](C)(O[Si](C)(C)C)O[Si](C)(C)C. The van der Waals surface area contributed by atoms with Crippen molar-refractivity contribution in [1.29, 1.82) is 0 Å². The van der Waals surface area contributed by atoms with E-state index in [-0.39, 0.29) is 0 Å². The van der Waals surface area contributed by atoms with Gasteiger partial charge in [0.2, 0.25) is 0 Å². The minimum absolute atomic E-state index is 1.82. The van der Waals surface area contributed by atoms with Gasteiger partial charge in [-0.15, -0.1) is 0 Å². The molecule has 41 heavy (non-hydrogen) atoms. The predicted octanol–water partition coefficient (Wildman–Crippen LogP) is 7.28. The molecule has 0 saturated heterocycles. The van der Waals surface area contributed by atoms with Gasteiger partial charge in [0.15, 0.2) is 49.9 Å². The molecule has 0 aromatic carbocycles. The van der Waals surface area contributed by atoms with Crippen molar-refractivity contribution in [3.63, 3.8) is 0 Å². The molecule has 10 nitrogen and oxygen atoms in total. The number of hydrogen-bond donors (Lipinski definition) is 1. The summed E-state index contributed by atoms with van der Waals surface area (Å²) in [5, 5.41) is 0. The summed E-state index contributed by atoms with van der Waals surface area (Å²) >= 11 is 0. The maximum atomic E-state index is 12.6. The van der Waals surface area contributed by atoms with Crippen molar-refractivity contribution in [2.45, 2.75) is 137 Å². The summed E-state index contributed by atoms with van der Waals surface area (Å²) in [4.78, 5) is 12.6. The summed E-state index contributed by atoms with van der Waals surface area (Å²) < 4.78 is 59.6. The third kappa shape index (κ3) is 21.2. The highest BCUT2D eigenvalue weighted by molar-refractivity contribution is 6.93. The first-order valence-electron chi connectivity index (χ1n) is 14.4. The fraction of sp³-hybridized carbons (Fsp3) is 1.00. The minimum Gasteiger partial charge on any atom is -0.417 e. The van der Waals surface area contributed by atoms with Crippen LogP contribution in [0.25, 0.3) is 0 Å². The van der Waals surface area contributed by atoms with E-state index in [1.807, 2.05) is 19.6 Å². The first-order valence-corrected chi connectivity index (χ1v) is 43.2. The van der Waals surface area contributed by atoms with Crippen molar-refractivity contribution >= 4 is 85.4 Å². The van der Waals surface area contributed by atoms with Gasteiger partial charge in [-0.25, -0.2) is 0 Å². The lowest BCUT2D eigenvalue weighted by molar-refractivity contribution is 0.0590. The Labute approximate surface area is 263 Å². The third-order valence-corrected chi connectivity index (χ3v) is 35.0. The maximum Gasteiger partial charge on any atom is 0.654 e. The molecule has 0 aromatic heterocycles. The summed E-state index contributed by atoms with van der Waals surface area (Å²) in [7, 11) is -28.5. The Bertz CT molecular complexity index is 684. The molecule has 0 radical (unpaired) electrons. The van der Waals surface area contributed by atoms with Crippen molar-refractivity contribution in [3.8, 4) is 0 Å². The Morgan fingerprint density at radius 1 is 0.244 bits per heavy atom. The van der Waals surface area contributed by atoms with Crippen LogP contribution in [0, 0.1) is 0 Å². The normalized spacial score (nSPS) is 16.0. The molecule has 0 aliphatic rings. The van der Waals surface area contributed by atoms with Gasteiger partial charge in [-0.05, 0) is 118 Å². The van der Waals surface area contributed by atoms with E-state index in [9.17, 15) is 4.80 Å². The standard InChI is InChI=1S/C21H64O10Si10/c1-32(2,3)23-38(19,24-33(4,5)6)29-41(22,30-39(20,25-34(7,8)9)26-35(10,11)12)31-40(21,27-36(13,14)15)28-37(16,17)18/h22H,1-21H3. The van der Waals surface area contributed by atoms with Gasteiger partial charge in [-0.1, -0.05) is 0 Å². The molecule has 0 heterocycles. The van der Waals surface area contributed by atoms with Crippen LogP contribution < -0.4 is 0 Å². The molecule has 0 aliphatic carbocycles. The highest BCUT2D eigenvalue weighted by atomic mass is 28.6. The van der Waals surface area contributed by atoms with Gasteiger partial charge in [0, 0.05) is 19.6 Å². The fourth-order valence-electron chi connectivity index (χ4n) is 4.29. The molecule has 1 N–H and O–H groups in total. The Morgan fingerprint density at radius 2 is 0.366 bits per heavy atom. The van der Waals surface area contributed by atoms with Crippen LogP contribution >= 0.6 is 0 Å². The summed E-state index contributed by atoms with van der Waals surface area (Å²) in [5.41, 5.74) is 0. The zero-order valence-electron chi connectivity index (χ0n) is 30.1. The second kappa shape index (κ2) is 13.9. The van der Waals surface area contributed by atoms with Crippen LogP contribution in [0.1, 0.15) is 0 Å². The Morgan fingerprint density at radius 3 is 0.463 bits per heavy atom. The first-order chi connectivity index (χ1) is 17.4. The minimum atomic E-state index is -4.69.